The summed E-state index contributed by atoms with van der Waals surface area (Å²) in [5.74, 6) is -1.47. The van der Waals surface area contributed by atoms with Crippen LogP contribution in [0.15, 0.2) is 16.7 Å². The van der Waals surface area contributed by atoms with Crippen molar-refractivity contribution in [2.45, 2.75) is 13.0 Å². The van der Waals surface area contributed by atoms with Gasteiger partial charge in [0.2, 0.25) is 0 Å². The number of aryl methyl sites for hydroxylation is 1. The van der Waals surface area contributed by atoms with E-state index in [0.717, 1.165) is 0 Å². The van der Waals surface area contributed by atoms with E-state index in [0.29, 0.717) is 5.76 Å². The molecule has 0 radical (unpaired) electrons. The molecule has 15 heavy (non-hydrogen) atoms. The van der Waals surface area contributed by atoms with Crippen molar-refractivity contribution in [3.05, 3.63) is 23.7 Å². The maximum Gasteiger partial charge on any atom is 0.328 e. The quantitative estimate of drug-likeness (QED) is 0.641. The van der Waals surface area contributed by atoms with Gasteiger partial charge in [-0.2, -0.15) is 0 Å². The van der Waals surface area contributed by atoms with Gasteiger partial charge in [-0.25, -0.2) is 4.79 Å². The molecule has 0 saturated heterocycles. The van der Waals surface area contributed by atoms with Gasteiger partial charge >= 0.3 is 5.97 Å². The van der Waals surface area contributed by atoms with E-state index in [-0.39, 0.29) is 5.56 Å². The topological polar surface area (TPSA) is 99.8 Å². The predicted octanol–water partition coefficient (Wildman–Crippen LogP) is -0.237. The van der Waals surface area contributed by atoms with Crippen molar-refractivity contribution in [2.24, 2.45) is 0 Å². The molecule has 0 aliphatic carbocycles. The number of carboxylic acid groups (broad SMARTS) is 1. The van der Waals surface area contributed by atoms with Gasteiger partial charge in [0, 0.05) is 0 Å². The average Bonchev–Trinajstić information content (AvgIpc) is 2.60. The van der Waals surface area contributed by atoms with Crippen LogP contribution in [0.3, 0.4) is 0 Å². The van der Waals surface area contributed by atoms with Gasteiger partial charge in [-0.3, -0.25) is 4.79 Å². The summed E-state index contributed by atoms with van der Waals surface area (Å²) >= 11 is 0. The number of rotatable bonds is 4. The number of aliphatic carboxylic acids is 1. The van der Waals surface area contributed by atoms with Gasteiger partial charge in [-0.15, -0.1) is 0 Å². The van der Waals surface area contributed by atoms with Crippen molar-refractivity contribution in [1.82, 2.24) is 5.32 Å². The molecule has 1 amide bonds. The van der Waals surface area contributed by atoms with Gasteiger partial charge in [0.1, 0.15) is 5.76 Å². The molecule has 0 aliphatic rings. The fraction of sp³-hybridized carbons (Fsp3) is 0.333. The fourth-order valence-corrected chi connectivity index (χ4v) is 1.04. The van der Waals surface area contributed by atoms with Crippen molar-refractivity contribution >= 4 is 11.9 Å². The highest BCUT2D eigenvalue weighted by Gasteiger charge is 2.21. The van der Waals surface area contributed by atoms with E-state index >= 15 is 0 Å². The molecule has 1 atom stereocenters. The molecular formula is C9H11NO5. The maximum atomic E-state index is 11.5. The summed E-state index contributed by atoms with van der Waals surface area (Å²) in [6.45, 7) is 0.932. The van der Waals surface area contributed by atoms with E-state index in [1.54, 1.807) is 6.92 Å². The second kappa shape index (κ2) is 4.61. The van der Waals surface area contributed by atoms with Crippen LogP contribution in [0.4, 0.5) is 0 Å². The Morgan fingerprint density at radius 1 is 1.60 bits per heavy atom. The summed E-state index contributed by atoms with van der Waals surface area (Å²) in [6, 6.07) is 0.132. The second-order valence-corrected chi connectivity index (χ2v) is 2.94. The van der Waals surface area contributed by atoms with E-state index in [9.17, 15) is 9.59 Å². The number of amides is 1. The molecule has 6 heteroatoms. The number of carbonyl (C=O) groups excluding carboxylic acids is 1. The Bertz CT molecular complexity index is 370. The Kier molecular flexibility index (Phi) is 3.46. The zero-order valence-corrected chi connectivity index (χ0v) is 8.06. The lowest BCUT2D eigenvalue weighted by atomic mass is 10.2. The van der Waals surface area contributed by atoms with Crippen LogP contribution in [-0.4, -0.2) is 34.7 Å². The summed E-state index contributed by atoms with van der Waals surface area (Å²) in [5, 5.41) is 19.4. The summed E-state index contributed by atoms with van der Waals surface area (Å²) < 4.78 is 4.89. The molecule has 0 aliphatic heterocycles. The van der Waals surface area contributed by atoms with Crippen LogP contribution in [0.25, 0.3) is 0 Å². The normalized spacial score (nSPS) is 12.1. The van der Waals surface area contributed by atoms with Crippen molar-refractivity contribution in [3.8, 4) is 0 Å². The summed E-state index contributed by atoms with van der Waals surface area (Å²) in [4.78, 5) is 22.0. The second-order valence-electron chi connectivity index (χ2n) is 2.94. The number of hydrogen-bond donors (Lipinski definition) is 3. The molecule has 1 heterocycles. The minimum absolute atomic E-state index is 0.259. The number of aliphatic hydroxyl groups is 1. The fourth-order valence-electron chi connectivity index (χ4n) is 1.04. The first-order valence-corrected chi connectivity index (χ1v) is 4.25. The SMILES string of the molecule is Cc1occc1C(=O)N[C@@H](CO)C(=O)O. The van der Waals surface area contributed by atoms with Crippen LogP contribution in [-0.2, 0) is 4.79 Å². The first-order valence-electron chi connectivity index (χ1n) is 4.25. The van der Waals surface area contributed by atoms with Crippen LogP contribution in [0.1, 0.15) is 16.1 Å². The van der Waals surface area contributed by atoms with Crippen molar-refractivity contribution in [3.63, 3.8) is 0 Å². The Hall–Kier alpha value is -1.82. The molecule has 0 fully saturated rings. The minimum atomic E-state index is -1.30. The van der Waals surface area contributed by atoms with Crippen LogP contribution >= 0.6 is 0 Å². The van der Waals surface area contributed by atoms with Crippen LogP contribution < -0.4 is 5.32 Å². The highest BCUT2D eigenvalue weighted by molar-refractivity contribution is 5.97. The van der Waals surface area contributed by atoms with E-state index in [1.807, 2.05) is 0 Å². The lowest BCUT2D eigenvalue weighted by Gasteiger charge is -2.10. The molecule has 0 bridgehead atoms. The summed E-state index contributed by atoms with van der Waals surface area (Å²) in [5.41, 5.74) is 0.259. The largest absolute Gasteiger partial charge is 0.480 e. The Morgan fingerprint density at radius 3 is 2.67 bits per heavy atom. The average molecular weight is 213 g/mol. The zero-order chi connectivity index (χ0) is 11.4. The van der Waals surface area contributed by atoms with Crippen LogP contribution in [0.5, 0.6) is 0 Å². The lowest BCUT2D eigenvalue weighted by Crippen LogP contribution is -2.43. The van der Waals surface area contributed by atoms with E-state index in [4.69, 9.17) is 14.6 Å². The van der Waals surface area contributed by atoms with Gasteiger partial charge in [-0.1, -0.05) is 0 Å². The Balaban J connectivity index is 2.71. The number of furan rings is 1. The zero-order valence-electron chi connectivity index (χ0n) is 8.06. The standard InChI is InChI=1S/C9H11NO5/c1-5-6(2-3-15-5)8(12)10-7(4-11)9(13)14/h2-3,7,11H,4H2,1H3,(H,10,12)(H,13,14)/t7-/m0/s1. The molecular weight excluding hydrogens is 202 g/mol. The maximum absolute atomic E-state index is 11.5. The van der Waals surface area contributed by atoms with Crippen molar-refractivity contribution < 1.29 is 24.2 Å². The number of aliphatic hydroxyl groups excluding tert-OH is 1. The molecule has 6 nitrogen and oxygen atoms in total. The third kappa shape index (κ3) is 2.57. The highest BCUT2D eigenvalue weighted by atomic mass is 16.4. The number of carboxylic acids is 1. The lowest BCUT2D eigenvalue weighted by molar-refractivity contribution is -0.140. The van der Waals surface area contributed by atoms with Crippen LogP contribution in [0, 0.1) is 6.92 Å². The van der Waals surface area contributed by atoms with Gasteiger partial charge < -0.3 is 19.9 Å². The first-order chi connectivity index (χ1) is 7.06. The van der Waals surface area contributed by atoms with Gasteiger partial charge in [0.05, 0.1) is 18.4 Å². The third-order valence-corrected chi connectivity index (χ3v) is 1.89. The predicted molar refractivity (Wildman–Crippen MR) is 49.4 cm³/mol. The highest BCUT2D eigenvalue weighted by Crippen LogP contribution is 2.08. The molecule has 0 unspecified atom stereocenters. The molecule has 82 valence electrons. The van der Waals surface area contributed by atoms with Crippen molar-refractivity contribution in [2.75, 3.05) is 6.61 Å². The first kappa shape index (κ1) is 11.3. The Labute approximate surface area is 85.5 Å². The number of carbonyl (C=O) groups is 2. The van der Waals surface area contributed by atoms with E-state index < -0.39 is 24.5 Å². The van der Waals surface area contributed by atoms with Gasteiger partial charge in [-0.05, 0) is 13.0 Å². The molecule has 1 aromatic rings. The van der Waals surface area contributed by atoms with Gasteiger partial charge in [0.25, 0.3) is 5.91 Å². The number of nitrogens with one attached hydrogen (secondary N) is 1. The Morgan fingerprint density at radius 2 is 2.27 bits per heavy atom. The monoisotopic (exact) mass is 213 g/mol. The molecule has 3 N–H and O–H groups in total. The van der Waals surface area contributed by atoms with E-state index in [1.165, 1.54) is 12.3 Å². The molecule has 0 saturated carbocycles. The summed E-state index contributed by atoms with van der Waals surface area (Å²) in [7, 11) is 0. The smallest absolute Gasteiger partial charge is 0.328 e. The van der Waals surface area contributed by atoms with Crippen molar-refractivity contribution in [1.29, 1.82) is 0 Å². The molecule has 0 aromatic carbocycles. The minimum Gasteiger partial charge on any atom is -0.480 e. The summed E-state index contributed by atoms with van der Waals surface area (Å²) in [6.07, 6.45) is 1.33. The third-order valence-electron chi connectivity index (χ3n) is 1.89. The molecule has 1 aromatic heterocycles. The molecule has 1 rings (SSSR count). The number of hydrogen-bond acceptors (Lipinski definition) is 4. The molecule has 0 spiro atoms. The van der Waals surface area contributed by atoms with E-state index in [2.05, 4.69) is 5.32 Å². The van der Waals surface area contributed by atoms with Gasteiger partial charge in [0.15, 0.2) is 6.04 Å². The van der Waals surface area contributed by atoms with Crippen LogP contribution in [0.2, 0.25) is 0 Å².